The molecule has 0 radical (unpaired) electrons. The molecule has 0 aliphatic rings. The second-order valence-corrected chi connectivity index (χ2v) is 4.30. The lowest BCUT2D eigenvalue weighted by atomic mass is 10.3. The zero-order valence-electron chi connectivity index (χ0n) is 12.7. The Morgan fingerprint density at radius 1 is 1.33 bits per heavy atom. The zero-order valence-corrected chi connectivity index (χ0v) is 15.0. The van der Waals surface area contributed by atoms with Crippen LogP contribution in [0.4, 0.5) is 0 Å². The minimum absolute atomic E-state index is 0. The molecular formula is C14H24IN3O3. The first-order chi connectivity index (χ1) is 9.65. The molecule has 0 fully saturated rings. The maximum atomic E-state index is 5.74. The predicted octanol–water partition coefficient (Wildman–Crippen LogP) is 1.63. The molecule has 0 saturated heterocycles. The van der Waals surface area contributed by atoms with Crippen molar-refractivity contribution in [2.45, 2.75) is 13.0 Å². The topological polar surface area (TPSA) is 78.1 Å². The van der Waals surface area contributed by atoms with Crippen molar-refractivity contribution in [1.29, 1.82) is 0 Å². The molecule has 0 saturated carbocycles. The molecule has 7 heteroatoms. The van der Waals surface area contributed by atoms with Gasteiger partial charge < -0.3 is 25.3 Å². The second-order valence-electron chi connectivity index (χ2n) is 4.30. The fraction of sp³-hybridized carbons (Fsp3) is 0.500. The molecule has 1 unspecified atom stereocenters. The van der Waals surface area contributed by atoms with Crippen LogP contribution in [0, 0.1) is 0 Å². The van der Waals surface area contributed by atoms with Gasteiger partial charge in [-0.3, -0.25) is 0 Å². The molecule has 0 bridgehead atoms. The van der Waals surface area contributed by atoms with Gasteiger partial charge in [0.25, 0.3) is 0 Å². The van der Waals surface area contributed by atoms with Crippen molar-refractivity contribution < 1.29 is 14.2 Å². The van der Waals surface area contributed by atoms with E-state index < -0.39 is 0 Å². The summed E-state index contributed by atoms with van der Waals surface area (Å²) in [4.78, 5) is 4.18. The van der Waals surface area contributed by atoms with Crippen LogP contribution in [-0.2, 0) is 4.74 Å². The van der Waals surface area contributed by atoms with Crippen LogP contribution in [0.5, 0.6) is 11.5 Å². The number of rotatable bonds is 8. The standard InChI is InChI=1S/C14H23N3O3.HI/c1-11(10-18-2)17-14(15)16-7-8-20-13-6-4-5-12(9-13)19-3;/h4-6,9,11H,7-8,10H2,1-3H3,(H3,15,16,17);1H. The van der Waals surface area contributed by atoms with Gasteiger partial charge in [-0.1, -0.05) is 6.07 Å². The lowest BCUT2D eigenvalue weighted by Crippen LogP contribution is -2.40. The van der Waals surface area contributed by atoms with Gasteiger partial charge in [0.1, 0.15) is 18.1 Å². The van der Waals surface area contributed by atoms with Crippen molar-refractivity contribution in [1.82, 2.24) is 5.32 Å². The third-order valence-corrected chi connectivity index (χ3v) is 2.49. The van der Waals surface area contributed by atoms with Crippen LogP contribution < -0.4 is 20.5 Å². The summed E-state index contributed by atoms with van der Waals surface area (Å²) in [6.07, 6.45) is 0. The Hall–Kier alpha value is -1.22. The molecule has 0 aliphatic carbocycles. The average Bonchev–Trinajstić information content (AvgIpc) is 2.44. The molecule has 1 atom stereocenters. The number of aliphatic imine (C=N–C) groups is 1. The fourth-order valence-electron chi connectivity index (χ4n) is 1.61. The third kappa shape index (κ3) is 8.61. The molecule has 0 amide bonds. The molecule has 120 valence electrons. The van der Waals surface area contributed by atoms with Gasteiger partial charge in [0.05, 0.1) is 20.3 Å². The number of nitrogens with zero attached hydrogens (tertiary/aromatic N) is 1. The number of guanidine groups is 1. The van der Waals surface area contributed by atoms with Gasteiger partial charge >= 0.3 is 0 Å². The second kappa shape index (κ2) is 11.4. The molecule has 6 nitrogen and oxygen atoms in total. The zero-order chi connectivity index (χ0) is 14.8. The van der Waals surface area contributed by atoms with Gasteiger partial charge in [-0.15, -0.1) is 24.0 Å². The molecule has 3 N–H and O–H groups in total. The Bertz CT molecular complexity index is 430. The normalized spacial score (nSPS) is 12.2. The van der Waals surface area contributed by atoms with Crippen LogP contribution >= 0.6 is 24.0 Å². The van der Waals surface area contributed by atoms with E-state index in [9.17, 15) is 0 Å². The number of benzene rings is 1. The van der Waals surface area contributed by atoms with E-state index in [2.05, 4.69) is 10.3 Å². The number of ether oxygens (including phenoxy) is 3. The highest BCUT2D eigenvalue weighted by Crippen LogP contribution is 2.18. The third-order valence-electron chi connectivity index (χ3n) is 2.49. The number of nitrogens with one attached hydrogen (secondary N) is 1. The number of hydrogen-bond acceptors (Lipinski definition) is 4. The molecule has 0 aliphatic heterocycles. The molecule has 0 aromatic heterocycles. The van der Waals surface area contributed by atoms with Crippen molar-refractivity contribution >= 4 is 29.9 Å². The summed E-state index contributed by atoms with van der Waals surface area (Å²) in [5.41, 5.74) is 5.74. The highest BCUT2D eigenvalue weighted by atomic mass is 127. The van der Waals surface area contributed by atoms with Gasteiger partial charge in [-0.2, -0.15) is 0 Å². The van der Waals surface area contributed by atoms with Crippen LogP contribution in [0.3, 0.4) is 0 Å². The molecule has 1 aromatic carbocycles. The van der Waals surface area contributed by atoms with Gasteiger partial charge in [0.2, 0.25) is 0 Å². The molecule has 1 aromatic rings. The van der Waals surface area contributed by atoms with E-state index >= 15 is 0 Å². The van der Waals surface area contributed by atoms with Gasteiger partial charge in [-0.25, -0.2) is 4.99 Å². The Kier molecular flexibility index (Phi) is 10.8. The molecule has 0 spiro atoms. The van der Waals surface area contributed by atoms with Crippen LogP contribution in [0.25, 0.3) is 0 Å². The van der Waals surface area contributed by atoms with Gasteiger partial charge in [0.15, 0.2) is 5.96 Å². The molecule has 21 heavy (non-hydrogen) atoms. The first-order valence-electron chi connectivity index (χ1n) is 6.48. The SMILES string of the molecule is COCC(C)NC(N)=NCCOc1cccc(OC)c1.I. The van der Waals surface area contributed by atoms with E-state index in [1.807, 2.05) is 31.2 Å². The van der Waals surface area contributed by atoms with E-state index in [0.29, 0.717) is 25.7 Å². The minimum Gasteiger partial charge on any atom is -0.497 e. The van der Waals surface area contributed by atoms with Crippen molar-refractivity contribution in [2.24, 2.45) is 10.7 Å². The van der Waals surface area contributed by atoms with Gasteiger partial charge in [-0.05, 0) is 19.1 Å². The Morgan fingerprint density at radius 3 is 2.71 bits per heavy atom. The summed E-state index contributed by atoms with van der Waals surface area (Å²) in [6.45, 7) is 3.49. The fourth-order valence-corrected chi connectivity index (χ4v) is 1.61. The average molecular weight is 409 g/mol. The largest absolute Gasteiger partial charge is 0.497 e. The van der Waals surface area contributed by atoms with Crippen LogP contribution in [-0.4, -0.2) is 46.0 Å². The first kappa shape index (κ1) is 19.8. The number of nitrogens with two attached hydrogens (primary N) is 1. The van der Waals surface area contributed by atoms with Crippen molar-refractivity contribution in [3.8, 4) is 11.5 Å². The Labute approximate surface area is 143 Å². The van der Waals surface area contributed by atoms with E-state index in [1.165, 1.54) is 0 Å². The highest BCUT2D eigenvalue weighted by Gasteiger charge is 2.01. The lowest BCUT2D eigenvalue weighted by Gasteiger charge is -2.13. The first-order valence-corrected chi connectivity index (χ1v) is 6.48. The van der Waals surface area contributed by atoms with E-state index in [0.717, 1.165) is 11.5 Å². The summed E-state index contributed by atoms with van der Waals surface area (Å²) in [5, 5.41) is 3.02. The maximum absolute atomic E-state index is 5.74. The highest BCUT2D eigenvalue weighted by molar-refractivity contribution is 14.0. The van der Waals surface area contributed by atoms with Crippen LogP contribution in [0.1, 0.15) is 6.92 Å². The van der Waals surface area contributed by atoms with E-state index in [4.69, 9.17) is 19.9 Å². The molecular weight excluding hydrogens is 385 g/mol. The monoisotopic (exact) mass is 409 g/mol. The Morgan fingerprint density at radius 2 is 2.05 bits per heavy atom. The van der Waals surface area contributed by atoms with Gasteiger partial charge in [0, 0.05) is 19.2 Å². The molecule has 0 heterocycles. The molecule has 1 rings (SSSR count). The maximum Gasteiger partial charge on any atom is 0.188 e. The van der Waals surface area contributed by atoms with Crippen LogP contribution in [0.2, 0.25) is 0 Å². The number of methoxy groups -OCH3 is 2. The number of halogens is 1. The van der Waals surface area contributed by atoms with Crippen molar-refractivity contribution in [3.63, 3.8) is 0 Å². The lowest BCUT2D eigenvalue weighted by molar-refractivity contribution is 0.179. The minimum atomic E-state index is 0. The van der Waals surface area contributed by atoms with E-state index in [1.54, 1.807) is 14.2 Å². The Balaban J connectivity index is 0.00000400. The van der Waals surface area contributed by atoms with Crippen LogP contribution in [0.15, 0.2) is 29.3 Å². The summed E-state index contributed by atoms with van der Waals surface area (Å²) in [7, 11) is 3.27. The summed E-state index contributed by atoms with van der Waals surface area (Å²) < 4.78 is 15.7. The quantitative estimate of drug-likeness (QED) is 0.296. The van der Waals surface area contributed by atoms with E-state index in [-0.39, 0.29) is 30.0 Å². The predicted molar refractivity (Wildman–Crippen MR) is 94.9 cm³/mol. The van der Waals surface area contributed by atoms with Crippen molar-refractivity contribution in [2.75, 3.05) is 34.0 Å². The smallest absolute Gasteiger partial charge is 0.188 e. The number of hydrogen-bond donors (Lipinski definition) is 2. The summed E-state index contributed by atoms with van der Waals surface area (Å²) >= 11 is 0. The summed E-state index contributed by atoms with van der Waals surface area (Å²) in [5.74, 6) is 1.91. The summed E-state index contributed by atoms with van der Waals surface area (Å²) in [6, 6.07) is 7.56. The van der Waals surface area contributed by atoms with Crippen molar-refractivity contribution in [3.05, 3.63) is 24.3 Å².